The van der Waals surface area contributed by atoms with Crippen LogP contribution in [0.5, 0.6) is 0 Å². The number of nitro groups is 1. The lowest BCUT2D eigenvalue weighted by Crippen LogP contribution is -2.15. The van der Waals surface area contributed by atoms with E-state index in [1.165, 1.54) is 23.9 Å². The number of hydrogen-bond donors (Lipinski definition) is 1. The Hall–Kier alpha value is -3.98. The molecular formula is C23H19N5O3S. The third-order valence-corrected chi connectivity index (χ3v) is 5.59. The number of carbonyl (C=O) groups excluding carboxylic acids is 1. The van der Waals surface area contributed by atoms with E-state index < -0.39 is 4.92 Å². The lowest BCUT2D eigenvalue weighted by atomic mass is 10.2. The van der Waals surface area contributed by atoms with Gasteiger partial charge in [0.15, 0.2) is 11.0 Å². The molecule has 4 rings (SSSR count). The van der Waals surface area contributed by atoms with Gasteiger partial charge >= 0.3 is 0 Å². The van der Waals surface area contributed by atoms with Crippen molar-refractivity contribution in [3.8, 4) is 17.1 Å². The van der Waals surface area contributed by atoms with Crippen LogP contribution in [0.4, 0.5) is 11.4 Å². The van der Waals surface area contributed by atoms with Crippen molar-refractivity contribution in [3.63, 3.8) is 0 Å². The standard InChI is InChI=1S/C23H19N5O3S/c1-16-11-13-18(14-12-16)27-22(17-7-3-2-4-8-17)25-26-23(27)32-15-21(29)24-19-9-5-6-10-20(19)28(30)31/h2-14H,15H2,1H3,(H,24,29). The Morgan fingerprint density at radius 1 is 1.00 bits per heavy atom. The first kappa shape index (κ1) is 21.3. The fourth-order valence-corrected chi connectivity index (χ4v) is 3.87. The number of nitrogens with zero attached hydrogens (tertiary/aromatic N) is 4. The highest BCUT2D eigenvalue weighted by Gasteiger charge is 2.19. The summed E-state index contributed by atoms with van der Waals surface area (Å²) in [4.78, 5) is 23.2. The Morgan fingerprint density at radius 3 is 2.41 bits per heavy atom. The van der Waals surface area contributed by atoms with Gasteiger partial charge < -0.3 is 5.32 Å². The first-order chi connectivity index (χ1) is 15.5. The highest BCUT2D eigenvalue weighted by molar-refractivity contribution is 7.99. The summed E-state index contributed by atoms with van der Waals surface area (Å²) in [5, 5.41) is 23.0. The SMILES string of the molecule is Cc1ccc(-n2c(SCC(=O)Nc3ccccc3[N+](=O)[O-])nnc2-c2ccccc2)cc1. The minimum Gasteiger partial charge on any atom is -0.320 e. The van der Waals surface area contributed by atoms with E-state index in [-0.39, 0.29) is 23.0 Å². The van der Waals surface area contributed by atoms with Crippen LogP contribution in [0, 0.1) is 17.0 Å². The summed E-state index contributed by atoms with van der Waals surface area (Å²) in [6.07, 6.45) is 0. The molecule has 0 saturated carbocycles. The van der Waals surface area contributed by atoms with Gasteiger partial charge in [-0.1, -0.05) is 71.9 Å². The molecule has 1 amide bonds. The van der Waals surface area contributed by atoms with E-state index in [4.69, 9.17) is 0 Å². The summed E-state index contributed by atoms with van der Waals surface area (Å²) in [5.41, 5.74) is 2.91. The summed E-state index contributed by atoms with van der Waals surface area (Å²) in [7, 11) is 0. The van der Waals surface area contributed by atoms with Crippen molar-refractivity contribution in [2.45, 2.75) is 12.1 Å². The van der Waals surface area contributed by atoms with Gasteiger partial charge in [0.2, 0.25) is 5.91 Å². The maximum atomic E-state index is 12.5. The second-order valence-corrected chi connectivity index (χ2v) is 7.90. The normalized spacial score (nSPS) is 10.7. The predicted octanol–water partition coefficient (Wildman–Crippen LogP) is 4.88. The summed E-state index contributed by atoms with van der Waals surface area (Å²) in [6.45, 7) is 2.01. The van der Waals surface area contributed by atoms with Crippen molar-refractivity contribution < 1.29 is 9.72 Å². The summed E-state index contributed by atoms with van der Waals surface area (Å²) >= 11 is 1.21. The number of thioether (sulfide) groups is 1. The molecule has 0 saturated heterocycles. The summed E-state index contributed by atoms with van der Waals surface area (Å²) in [5.74, 6) is 0.310. The van der Waals surface area contributed by atoms with Crippen molar-refractivity contribution in [3.05, 3.63) is 94.5 Å². The Morgan fingerprint density at radius 2 is 1.69 bits per heavy atom. The van der Waals surface area contributed by atoms with Gasteiger partial charge in [0.1, 0.15) is 5.69 Å². The molecule has 4 aromatic rings. The quantitative estimate of drug-likeness (QED) is 0.247. The summed E-state index contributed by atoms with van der Waals surface area (Å²) < 4.78 is 1.90. The van der Waals surface area contributed by atoms with Crippen molar-refractivity contribution in [1.29, 1.82) is 0 Å². The largest absolute Gasteiger partial charge is 0.320 e. The van der Waals surface area contributed by atoms with Crippen LogP contribution in [0.3, 0.4) is 0 Å². The third-order valence-electron chi connectivity index (χ3n) is 4.66. The number of aromatic nitrogens is 3. The molecule has 0 aliphatic heterocycles. The van der Waals surface area contributed by atoms with Crippen LogP contribution in [0.15, 0.2) is 84.0 Å². The minimum absolute atomic E-state index is 0.0187. The van der Waals surface area contributed by atoms with Crippen LogP contribution in [0.2, 0.25) is 0 Å². The molecule has 32 heavy (non-hydrogen) atoms. The van der Waals surface area contributed by atoms with Crippen LogP contribution in [-0.4, -0.2) is 31.3 Å². The fraction of sp³-hybridized carbons (Fsp3) is 0.0870. The topological polar surface area (TPSA) is 103 Å². The van der Waals surface area contributed by atoms with Crippen molar-refractivity contribution in [1.82, 2.24) is 14.8 Å². The molecule has 160 valence electrons. The molecule has 0 spiro atoms. The number of nitrogens with one attached hydrogen (secondary N) is 1. The molecule has 0 radical (unpaired) electrons. The van der Waals surface area contributed by atoms with E-state index in [2.05, 4.69) is 15.5 Å². The maximum absolute atomic E-state index is 12.5. The minimum atomic E-state index is -0.525. The Kier molecular flexibility index (Phi) is 6.27. The number of carbonyl (C=O) groups is 1. The van der Waals surface area contributed by atoms with Gasteiger partial charge in [-0.25, -0.2) is 0 Å². The molecule has 0 aliphatic carbocycles. The first-order valence-corrected chi connectivity index (χ1v) is 10.8. The van der Waals surface area contributed by atoms with E-state index in [0.717, 1.165) is 16.8 Å². The van der Waals surface area contributed by atoms with Crippen molar-refractivity contribution >= 4 is 29.0 Å². The molecule has 1 aromatic heterocycles. The van der Waals surface area contributed by atoms with Gasteiger partial charge in [0, 0.05) is 17.3 Å². The number of rotatable bonds is 7. The molecule has 9 heteroatoms. The predicted molar refractivity (Wildman–Crippen MR) is 124 cm³/mol. The van der Waals surface area contributed by atoms with Crippen LogP contribution >= 0.6 is 11.8 Å². The van der Waals surface area contributed by atoms with Gasteiger partial charge in [-0.3, -0.25) is 19.5 Å². The molecule has 0 bridgehead atoms. The number of anilines is 1. The van der Waals surface area contributed by atoms with Gasteiger partial charge in [0.25, 0.3) is 5.69 Å². The zero-order valence-corrected chi connectivity index (χ0v) is 18.0. The molecule has 0 aliphatic rings. The Labute approximate surface area is 188 Å². The number of nitro benzene ring substituents is 1. The second-order valence-electron chi connectivity index (χ2n) is 6.95. The zero-order valence-electron chi connectivity index (χ0n) is 17.1. The Balaban J connectivity index is 1.59. The van der Waals surface area contributed by atoms with E-state index in [1.54, 1.807) is 12.1 Å². The van der Waals surface area contributed by atoms with Crippen LogP contribution in [0.25, 0.3) is 17.1 Å². The molecule has 1 N–H and O–H groups in total. The molecule has 1 heterocycles. The van der Waals surface area contributed by atoms with Crippen LogP contribution < -0.4 is 5.32 Å². The van der Waals surface area contributed by atoms with E-state index in [1.807, 2.05) is 66.1 Å². The number of para-hydroxylation sites is 2. The molecular weight excluding hydrogens is 426 g/mol. The first-order valence-electron chi connectivity index (χ1n) is 9.77. The molecule has 0 fully saturated rings. The summed E-state index contributed by atoms with van der Waals surface area (Å²) in [6, 6.07) is 23.7. The average Bonchev–Trinajstić information content (AvgIpc) is 3.23. The fourth-order valence-electron chi connectivity index (χ4n) is 3.12. The maximum Gasteiger partial charge on any atom is 0.292 e. The number of hydrogen-bond acceptors (Lipinski definition) is 6. The van der Waals surface area contributed by atoms with Crippen molar-refractivity contribution in [2.24, 2.45) is 0 Å². The van der Waals surface area contributed by atoms with Gasteiger partial charge in [0.05, 0.1) is 10.7 Å². The van der Waals surface area contributed by atoms with Gasteiger partial charge in [-0.15, -0.1) is 10.2 Å². The van der Waals surface area contributed by atoms with Gasteiger partial charge in [-0.05, 0) is 25.1 Å². The highest BCUT2D eigenvalue weighted by atomic mass is 32.2. The number of benzene rings is 3. The molecule has 0 unspecified atom stereocenters. The van der Waals surface area contributed by atoms with E-state index in [0.29, 0.717) is 11.0 Å². The van der Waals surface area contributed by atoms with Crippen LogP contribution in [0.1, 0.15) is 5.56 Å². The average molecular weight is 446 g/mol. The highest BCUT2D eigenvalue weighted by Crippen LogP contribution is 2.29. The second kappa shape index (κ2) is 9.44. The van der Waals surface area contributed by atoms with E-state index in [9.17, 15) is 14.9 Å². The molecule has 8 nitrogen and oxygen atoms in total. The van der Waals surface area contributed by atoms with Crippen molar-refractivity contribution in [2.75, 3.05) is 11.1 Å². The molecule has 0 atom stereocenters. The van der Waals surface area contributed by atoms with E-state index >= 15 is 0 Å². The monoisotopic (exact) mass is 445 g/mol. The van der Waals surface area contributed by atoms with Crippen LogP contribution in [-0.2, 0) is 4.79 Å². The number of amides is 1. The van der Waals surface area contributed by atoms with Gasteiger partial charge in [-0.2, -0.15) is 0 Å². The number of aryl methyl sites for hydroxylation is 1. The lowest BCUT2D eigenvalue weighted by Gasteiger charge is -2.11. The Bertz CT molecular complexity index is 1260. The zero-order chi connectivity index (χ0) is 22.5. The smallest absolute Gasteiger partial charge is 0.292 e. The third kappa shape index (κ3) is 4.68. The lowest BCUT2D eigenvalue weighted by molar-refractivity contribution is -0.383. The molecule has 3 aromatic carbocycles.